The number of fused-ring (bicyclic) bond motifs is 1. The molecule has 1 amide bonds. The molecule has 0 spiro atoms. The van der Waals surface area contributed by atoms with Crippen molar-refractivity contribution in [2.75, 3.05) is 11.8 Å². The Morgan fingerprint density at radius 1 is 1.06 bits per heavy atom. The molecule has 6 nitrogen and oxygen atoms in total. The molecule has 0 bridgehead atoms. The van der Waals surface area contributed by atoms with Gasteiger partial charge >= 0.3 is 5.97 Å². The summed E-state index contributed by atoms with van der Waals surface area (Å²) in [5, 5.41) is 4.43. The van der Waals surface area contributed by atoms with Crippen molar-refractivity contribution in [1.82, 2.24) is 4.98 Å². The van der Waals surface area contributed by atoms with Gasteiger partial charge in [0.1, 0.15) is 6.61 Å². The van der Waals surface area contributed by atoms with Gasteiger partial charge in [0, 0.05) is 40.9 Å². The molecule has 4 aromatic rings. The summed E-state index contributed by atoms with van der Waals surface area (Å²) in [7, 11) is 0. The second-order valence-corrected chi connectivity index (χ2v) is 7.60. The first-order chi connectivity index (χ1) is 19.5. The maximum atomic E-state index is 13.2. The van der Waals surface area contributed by atoms with E-state index in [2.05, 4.69) is 10.3 Å². The SMILES string of the molecule is [2H]C([2H])([2H])c1ccc(C(=O)OCc2ccc([C@H](C(=O)Nc3ccc4cnccc4c3)C([2H])([2H])N)cc2)c(C([2H])([2H])[2H])c1. The number of ether oxygens (including phenoxy) is 1. The first kappa shape index (κ1) is 15.0. The van der Waals surface area contributed by atoms with Crippen molar-refractivity contribution >= 4 is 28.3 Å². The lowest BCUT2D eigenvalue weighted by Crippen LogP contribution is -2.27. The molecule has 1 atom stereocenters. The van der Waals surface area contributed by atoms with Crippen LogP contribution >= 0.6 is 0 Å². The molecule has 3 aromatic carbocycles. The van der Waals surface area contributed by atoms with Crippen molar-refractivity contribution < 1.29 is 25.3 Å². The number of pyridine rings is 1. The predicted molar refractivity (Wildman–Crippen MR) is 134 cm³/mol. The van der Waals surface area contributed by atoms with E-state index < -0.39 is 43.6 Å². The van der Waals surface area contributed by atoms with Crippen LogP contribution in [0.25, 0.3) is 10.8 Å². The van der Waals surface area contributed by atoms with Crippen LogP contribution in [0.2, 0.25) is 0 Å². The van der Waals surface area contributed by atoms with Crippen molar-refractivity contribution in [2.24, 2.45) is 5.73 Å². The molecule has 0 radical (unpaired) electrons. The van der Waals surface area contributed by atoms with Crippen LogP contribution < -0.4 is 11.1 Å². The molecule has 1 heterocycles. The van der Waals surface area contributed by atoms with Crippen molar-refractivity contribution in [1.29, 1.82) is 0 Å². The number of hydrogen-bond acceptors (Lipinski definition) is 5. The topological polar surface area (TPSA) is 94.3 Å². The zero-order chi connectivity index (χ0) is 30.9. The maximum absolute atomic E-state index is 13.2. The van der Waals surface area contributed by atoms with E-state index in [1.54, 1.807) is 36.7 Å². The lowest BCUT2D eigenvalue weighted by molar-refractivity contribution is -0.117. The number of aryl methyl sites for hydroxylation is 2. The van der Waals surface area contributed by atoms with Crippen LogP contribution in [-0.4, -0.2) is 23.4 Å². The Kier molecular flexibility index (Phi) is 4.53. The minimum absolute atomic E-state index is 0.211. The molecule has 172 valence electrons. The van der Waals surface area contributed by atoms with Crippen LogP contribution in [0, 0.1) is 13.7 Å². The second-order valence-electron chi connectivity index (χ2n) is 7.60. The molecule has 0 saturated carbocycles. The normalized spacial score (nSPS) is 16.4. The predicted octanol–water partition coefficient (Wildman–Crippen LogP) is 4.89. The van der Waals surface area contributed by atoms with Crippen LogP contribution in [0.3, 0.4) is 0 Å². The molecule has 0 aliphatic carbocycles. The van der Waals surface area contributed by atoms with E-state index in [0.29, 0.717) is 11.3 Å². The second kappa shape index (κ2) is 10.3. The van der Waals surface area contributed by atoms with Gasteiger partial charge in [0.25, 0.3) is 0 Å². The summed E-state index contributed by atoms with van der Waals surface area (Å²) < 4.78 is 67.2. The molecular formula is C28H27N3O3. The van der Waals surface area contributed by atoms with Gasteiger partial charge in [-0.3, -0.25) is 9.78 Å². The van der Waals surface area contributed by atoms with Crippen LogP contribution in [-0.2, 0) is 16.1 Å². The van der Waals surface area contributed by atoms with Crippen molar-refractivity contribution in [3.8, 4) is 0 Å². The summed E-state index contributed by atoms with van der Waals surface area (Å²) in [6, 6.07) is 16.3. The third-order valence-electron chi connectivity index (χ3n) is 5.26. The van der Waals surface area contributed by atoms with Gasteiger partial charge in [-0.25, -0.2) is 4.79 Å². The quantitative estimate of drug-likeness (QED) is 0.382. The van der Waals surface area contributed by atoms with Crippen LogP contribution in [0.5, 0.6) is 0 Å². The lowest BCUT2D eigenvalue weighted by Gasteiger charge is -2.16. The monoisotopic (exact) mass is 461 g/mol. The number of esters is 1. The summed E-state index contributed by atoms with van der Waals surface area (Å²) in [6.07, 6.45) is 3.31. The number of carbonyl (C=O) groups is 2. The van der Waals surface area contributed by atoms with E-state index in [1.807, 2.05) is 0 Å². The van der Waals surface area contributed by atoms with Crippen molar-refractivity contribution in [3.63, 3.8) is 0 Å². The Labute approximate surface area is 210 Å². The van der Waals surface area contributed by atoms with Gasteiger partial charge in [-0.15, -0.1) is 0 Å². The zero-order valence-corrected chi connectivity index (χ0v) is 18.0. The minimum atomic E-state index is -2.75. The first-order valence-electron chi connectivity index (χ1n) is 14.4. The minimum Gasteiger partial charge on any atom is -0.457 e. The third-order valence-corrected chi connectivity index (χ3v) is 5.26. The highest BCUT2D eigenvalue weighted by Gasteiger charge is 2.19. The number of anilines is 1. The summed E-state index contributed by atoms with van der Waals surface area (Å²) >= 11 is 0. The van der Waals surface area contributed by atoms with E-state index in [4.69, 9.17) is 21.4 Å². The van der Waals surface area contributed by atoms with E-state index in [0.717, 1.165) is 29.0 Å². The fraction of sp³-hybridized carbons (Fsp3) is 0.179. The summed E-state index contributed by atoms with van der Waals surface area (Å²) in [4.78, 5) is 30.0. The number of amides is 1. The fourth-order valence-corrected chi connectivity index (χ4v) is 3.45. The number of nitrogens with two attached hydrogens (primary N) is 1. The Hall–Kier alpha value is -4.03. The van der Waals surface area contributed by atoms with Crippen LogP contribution in [0.4, 0.5) is 5.69 Å². The van der Waals surface area contributed by atoms with E-state index >= 15 is 0 Å². The molecule has 1 aromatic heterocycles. The van der Waals surface area contributed by atoms with Gasteiger partial charge < -0.3 is 15.8 Å². The molecule has 3 N–H and O–H groups in total. The summed E-state index contributed by atoms with van der Waals surface area (Å²) in [5.74, 6) is -2.99. The van der Waals surface area contributed by atoms with Crippen LogP contribution in [0.15, 0.2) is 79.1 Å². The molecule has 4 rings (SSSR count). The molecule has 0 fully saturated rings. The average Bonchev–Trinajstić information content (AvgIpc) is 2.90. The number of rotatable bonds is 7. The number of aromatic nitrogens is 1. The Morgan fingerprint density at radius 2 is 1.91 bits per heavy atom. The fourth-order valence-electron chi connectivity index (χ4n) is 3.45. The number of benzene rings is 3. The molecule has 0 aliphatic heterocycles. The highest BCUT2D eigenvalue weighted by molar-refractivity contribution is 5.98. The highest BCUT2D eigenvalue weighted by atomic mass is 16.5. The van der Waals surface area contributed by atoms with Gasteiger partial charge in [-0.1, -0.05) is 48.0 Å². The third kappa shape index (κ3) is 5.30. The summed E-state index contributed by atoms with van der Waals surface area (Å²) in [6.45, 7) is -7.98. The Morgan fingerprint density at radius 3 is 2.68 bits per heavy atom. The van der Waals surface area contributed by atoms with Crippen molar-refractivity contribution in [3.05, 3.63) is 107 Å². The Bertz CT molecular complexity index is 1610. The van der Waals surface area contributed by atoms with Gasteiger partial charge in [0.2, 0.25) is 5.91 Å². The number of carbonyl (C=O) groups excluding carboxylic acids is 2. The van der Waals surface area contributed by atoms with Gasteiger partial charge in [-0.2, -0.15) is 0 Å². The number of nitrogens with one attached hydrogen (secondary N) is 1. The smallest absolute Gasteiger partial charge is 0.338 e. The molecular weight excluding hydrogens is 426 g/mol. The molecule has 6 heteroatoms. The van der Waals surface area contributed by atoms with Gasteiger partial charge in [0.05, 0.1) is 11.5 Å². The molecule has 34 heavy (non-hydrogen) atoms. The highest BCUT2D eigenvalue weighted by Crippen LogP contribution is 2.22. The summed E-state index contributed by atoms with van der Waals surface area (Å²) in [5.41, 5.74) is 6.05. The van der Waals surface area contributed by atoms with Gasteiger partial charge in [0.15, 0.2) is 0 Å². The number of hydrogen-bond donors (Lipinski definition) is 2. The molecule has 0 saturated heterocycles. The Balaban J connectivity index is 1.49. The first-order valence-corrected chi connectivity index (χ1v) is 10.4. The maximum Gasteiger partial charge on any atom is 0.338 e. The van der Waals surface area contributed by atoms with E-state index in [9.17, 15) is 9.59 Å². The van der Waals surface area contributed by atoms with Gasteiger partial charge in [-0.05, 0) is 60.0 Å². The van der Waals surface area contributed by atoms with E-state index in [1.165, 1.54) is 24.3 Å². The molecule has 0 aliphatic rings. The van der Waals surface area contributed by atoms with E-state index in [-0.39, 0.29) is 23.3 Å². The molecule has 0 unspecified atom stereocenters. The van der Waals surface area contributed by atoms with Crippen molar-refractivity contribution in [2.45, 2.75) is 26.2 Å². The largest absolute Gasteiger partial charge is 0.457 e. The van der Waals surface area contributed by atoms with Crippen LogP contribution in [0.1, 0.15) is 49.5 Å². The number of nitrogens with zero attached hydrogens (tertiary/aromatic N) is 1. The lowest BCUT2D eigenvalue weighted by atomic mass is 9.97. The standard InChI is InChI=1S/C28H27N3O3/c1-18-3-10-25(19(2)13-18)28(33)34-17-20-4-6-21(7-5-20)26(15-29)27(32)31-24-9-8-23-16-30-12-11-22(23)14-24/h3-14,16,26H,15,17,29H2,1-2H3,(H,31,32)/t26-/m1/s1/i1D3,2D3,15D2. The average molecular weight is 462 g/mol. The zero-order valence-electron chi connectivity index (χ0n) is 26.0.